The summed E-state index contributed by atoms with van der Waals surface area (Å²) < 4.78 is 5.10. The van der Waals surface area contributed by atoms with Crippen LogP contribution in [-0.2, 0) is 31.1 Å². The highest BCUT2D eigenvalue weighted by Crippen LogP contribution is 2.60. The number of nitrogens with zero attached hydrogens (tertiary/aromatic N) is 2. The summed E-state index contributed by atoms with van der Waals surface area (Å²) in [5, 5.41) is 3.09. The Bertz CT molecular complexity index is 900. The van der Waals surface area contributed by atoms with Crippen LogP contribution in [0.1, 0.15) is 37.3 Å². The molecule has 4 heterocycles. The van der Waals surface area contributed by atoms with Gasteiger partial charge in [0.25, 0.3) is 0 Å². The van der Waals surface area contributed by atoms with Gasteiger partial charge in [-0.05, 0) is 37.8 Å². The smallest absolute Gasteiger partial charge is 0.250 e. The molecule has 1 spiro atoms. The molecule has 3 saturated heterocycles. The van der Waals surface area contributed by atoms with E-state index in [9.17, 15) is 14.4 Å². The number of rotatable bonds is 5. The molecular formula is C22H27N3O4. The van der Waals surface area contributed by atoms with Crippen LogP contribution in [-0.4, -0.2) is 60.4 Å². The zero-order chi connectivity index (χ0) is 20.3. The molecule has 0 saturated carbocycles. The standard InChI is InChI=1S/C22H27N3O4/c1-3-13-7-4-8-14-18(13)23-21(28)22(14)17-16(15-9-5-11-25(15)22)19(26)24(20(17)27)10-6-12-29-2/h4,7-8,15-17H,3,5-6,9-12H2,1-2H3,(H,23,28)/t15-,16-,17+,22+/m1/s1. The molecule has 1 aromatic carbocycles. The molecule has 4 aliphatic rings. The van der Waals surface area contributed by atoms with Crippen LogP contribution in [0.4, 0.5) is 5.69 Å². The molecule has 0 aliphatic carbocycles. The van der Waals surface area contributed by atoms with Crippen molar-refractivity contribution in [1.82, 2.24) is 9.80 Å². The van der Waals surface area contributed by atoms with E-state index in [-0.39, 0.29) is 23.8 Å². The fourth-order valence-electron chi connectivity index (χ4n) is 6.23. The molecule has 154 valence electrons. The molecule has 7 nitrogen and oxygen atoms in total. The van der Waals surface area contributed by atoms with Crippen molar-refractivity contribution >= 4 is 23.4 Å². The van der Waals surface area contributed by atoms with E-state index in [1.165, 1.54) is 4.90 Å². The van der Waals surface area contributed by atoms with Gasteiger partial charge in [0.05, 0.1) is 11.8 Å². The van der Waals surface area contributed by atoms with Gasteiger partial charge in [-0.15, -0.1) is 0 Å². The van der Waals surface area contributed by atoms with E-state index in [0.29, 0.717) is 19.6 Å². The molecule has 0 aromatic heterocycles. The number of ether oxygens (including phenoxy) is 1. The summed E-state index contributed by atoms with van der Waals surface area (Å²) in [6, 6.07) is 5.90. The molecule has 29 heavy (non-hydrogen) atoms. The number of imide groups is 1. The molecule has 1 N–H and O–H groups in total. The molecule has 0 bridgehead atoms. The zero-order valence-electron chi connectivity index (χ0n) is 16.9. The van der Waals surface area contributed by atoms with Crippen LogP contribution < -0.4 is 5.32 Å². The maximum absolute atomic E-state index is 13.6. The number of carbonyl (C=O) groups is 3. The number of hydrogen-bond acceptors (Lipinski definition) is 5. The number of nitrogens with one attached hydrogen (secondary N) is 1. The van der Waals surface area contributed by atoms with Crippen molar-refractivity contribution in [2.45, 2.75) is 44.2 Å². The second-order valence-electron chi connectivity index (χ2n) is 8.49. The molecule has 3 amide bonds. The topological polar surface area (TPSA) is 79.0 Å². The number of hydrogen-bond donors (Lipinski definition) is 1. The van der Waals surface area contributed by atoms with E-state index in [1.54, 1.807) is 7.11 Å². The van der Waals surface area contributed by atoms with Crippen molar-refractivity contribution in [1.29, 1.82) is 0 Å². The summed E-state index contributed by atoms with van der Waals surface area (Å²) in [6.45, 7) is 3.65. The van der Waals surface area contributed by atoms with Crippen LogP contribution in [0.2, 0.25) is 0 Å². The number of anilines is 1. The Morgan fingerprint density at radius 2 is 2.07 bits per heavy atom. The van der Waals surface area contributed by atoms with Gasteiger partial charge in [-0.1, -0.05) is 25.1 Å². The molecule has 4 aliphatic heterocycles. The van der Waals surface area contributed by atoms with Crippen LogP contribution in [0.5, 0.6) is 0 Å². The predicted octanol–water partition coefficient (Wildman–Crippen LogP) is 1.51. The van der Waals surface area contributed by atoms with Gasteiger partial charge in [0.1, 0.15) is 5.54 Å². The van der Waals surface area contributed by atoms with Gasteiger partial charge in [0.2, 0.25) is 17.7 Å². The summed E-state index contributed by atoms with van der Waals surface area (Å²) in [4.78, 5) is 44.0. The maximum Gasteiger partial charge on any atom is 0.250 e. The van der Waals surface area contributed by atoms with Crippen molar-refractivity contribution in [2.24, 2.45) is 11.8 Å². The average molecular weight is 397 g/mol. The molecule has 1 aromatic rings. The van der Waals surface area contributed by atoms with E-state index in [2.05, 4.69) is 17.1 Å². The first-order valence-electron chi connectivity index (χ1n) is 10.6. The molecule has 7 heteroatoms. The lowest BCUT2D eigenvalue weighted by Crippen LogP contribution is -2.54. The van der Waals surface area contributed by atoms with Crippen LogP contribution >= 0.6 is 0 Å². The fourth-order valence-corrected chi connectivity index (χ4v) is 6.23. The molecule has 0 radical (unpaired) electrons. The minimum absolute atomic E-state index is 0.0501. The summed E-state index contributed by atoms with van der Waals surface area (Å²) in [6.07, 6.45) is 3.20. The van der Waals surface area contributed by atoms with Crippen LogP contribution in [0, 0.1) is 11.8 Å². The summed E-state index contributed by atoms with van der Waals surface area (Å²) >= 11 is 0. The number of amides is 3. The van der Waals surface area contributed by atoms with Gasteiger partial charge in [0, 0.05) is 37.6 Å². The van der Waals surface area contributed by atoms with E-state index < -0.39 is 17.4 Å². The lowest BCUT2D eigenvalue weighted by molar-refractivity contribution is -0.145. The highest BCUT2D eigenvalue weighted by Gasteiger charge is 2.74. The van der Waals surface area contributed by atoms with Crippen molar-refractivity contribution < 1.29 is 19.1 Å². The van der Waals surface area contributed by atoms with Gasteiger partial charge in [-0.25, -0.2) is 0 Å². The number of likely N-dealkylation sites (tertiary alicyclic amines) is 1. The SMILES string of the molecule is CCc1cccc2c1NC(=O)[C@@]21[C@@H]2C(=O)N(CCCOC)C(=O)[C@@H]2[C@H]2CCCN21. The third-order valence-electron chi connectivity index (χ3n) is 7.32. The summed E-state index contributed by atoms with van der Waals surface area (Å²) in [5.41, 5.74) is 1.72. The highest BCUT2D eigenvalue weighted by molar-refractivity contribution is 6.15. The molecule has 4 atom stereocenters. The minimum Gasteiger partial charge on any atom is -0.385 e. The monoisotopic (exact) mass is 397 g/mol. The Labute approximate surface area is 170 Å². The van der Waals surface area contributed by atoms with Crippen molar-refractivity contribution in [3.63, 3.8) is 0 Å². The van der Waals surface area contributed by atoms with E-state index in [4.69, 9.17) is 4.74 Å². The zero-order valence-corrected chi connectivity index (χ0v) is 16.9. The number of para-hydroxylation sites is 1. The van der Waals surface area contributed by atoms with Gasteiger partial charge in [-0.3, -0.25) is 24.2 Å². The first-order chi connectivity index (χ1) is 14.1. The van der Waals surface area contributed by atoms with Gasteiger partial charge in [0.15, 0.2) is 0 Å². The number of fused-ring (bicyclic) bond motifs is 7. The normalized spacial score (nSPS) is 32.8. The average Bonchev–Trinajstić information content (AvgIpc) is 3.42. The first-order valence-corrected chi connectivity index (χ1v) is 10.6. The van der Waals surface area contributed by atoms with Crippen molar-refractivity contribution in [3.05, 3.63) is 29.3 Å². The van der Waals surface area contributed by atoms with Gasteiger partial charge >= 0.3 is 0 Å². The van der Waals surface area contributed by atoms with Crippen LogP contribution in [0.3, 0.4) is 0 Å². The second kappa shape index (κ2) is 6.64. The lowest BCUT2D eigenvalue weighted by Gasteiger charge is -2.36. The van der Waals surface area contributed by atoms with Gasteiger partial charge in [-0.2, -0.15) is 0 Å². The number of aryl methyl sites for hydroxylation is 1. The molecule has 5 rings (SSSR count). The largest absolute Gasteiger partial charge is 0.385 e. The van der Waals surface area contributed by atoms with Gasteiger partial charge < -0.3 is 10.1 Å². The van der Waals surface area contributed by atoms with Crippen molar-refractivity contribution in [2.75, 3.05) is 32.1 Å². The Hall–Kier alpha value is -2.25. The summed E-state index contributed by atoms with van der Waals surface area (Å²) in [5.74, 6) is -1.54. The van der Waals surface area contributed by atoms with Crippen LogP contribution in [0.15, 0.2) is 18.2 Å². The van der Waals surface area contributed by atoms with Crippen molar-refractivity contribution in [3.8, 4) is 0 Å². The maximum atomic E-state index is 13.6. The number of methoxy groups -OCH3 is 1. The molecule has 3 fully saturated rings. The molecule has 0 unspecified atom stereocenters. The minimum atomic E-state index is -1.06. The fraction of sp³-hybridized carbons (Fsp3) is 0.591. The Morgan fingerprint density at radius 1 is 1.24 bits per heavy atom. The van der Waals surface area contributed by atoms with Crippen LogP contribution in [0.25, 0.3) is 0 Å². The highest BCUT2D eigenvalue weighted by atomic mass is 16.5. The second-order valence-corrected chi connectivity index (χ2v) is 8.49. The summed E-state index contributed by atoms with van der Waals surface area (Å²) in [7, 11) is 1.61. The van der Waals surface area contributed by atoms with E-state index in [1.807, 2.05) is 18.2 Å². The lowest BCUT2D eigenvalue weighted by atomic mass is 9.75. The van der Waals surface area contributed by atoms with E-state index >= 15 is 0 Å². The number of carbonyl (C=O) groups excluding carboxylic acids is 3. The number of benzene rings is 1. The van der Waals surface area contributed by atoms with E-state index in [0.717, 1.165) is 42.6 Å². The first kappa shape index (κ1) is 18.8. The Balaban J connectivity index is 1.64. The Morgan fingerprint density at radius 3 is 2.83 bits per heavy atom. The Kier molecular flexibility index (Phi) is 4.29. The molecular weight excluding hydrogens is 370 g/mol. The third-order valence-corrected chi connectivity index (χ3v) is 7.32. The third kappa shape index (κ3) is 2.23. The quantitative estimate of drug-likeness (QED) is 0.602. The predicted molar refractivity (Wildman–Crippen MR) is 106 cm³/mol.